The van der Waals surface area contributed by atoms with Crippen LogP contribution in [-0.4, -0.2) is 42.1 Å². The van der Waals surface area contributed by atoms with E-state index in [0.717, 1.165) is 32.1 Å². The zero-order valence-corrected chi connectivity index (χ0v) is 11.4. The van der Waals surface area contributed by atoms with Gasteiger partial charge in [-0.25, -0.2) is 4.39 Å². The van der Waals surface area contributed by atoms with Crippen molar-refractivity contribution >= 4 is 5.91 Å². The van der Waals surface area contributed by atoms with Gasteiger partial charge in [-0.2, -0.15) is 0 Å². The van der Waals surface area contributed by atoms with E-state index in [9.17, 15) is 14.3 Å². The number of phenols is 1. The molecule has 0 radical (unpaired) electrons. The molecule has 1 amide bonds. The Morgan fingerprint density at radius 2 is 2.05 bits per heavy atom. The van der Waals surface area contributed by atoms with E-state index in [1.165, 1.54) is 12.1 Å². The number of rotatable bonds is 7. The van der Waals surface area contributed by atoms with Crippen molar-refractivity contribution < 1.29 is 14.3 Å². The summed E-state index contributed by atoms with van der Waals surface area (Å²) in [6, 6.07) is 3.82. The first-order chi connectivity index (χ1) is 9.10. The van der Waals surface area contributed by atoms with Crippen molar-refractivity contribution in [3.05, 3.63) is 29.6 Å². The summed E-state index contributed by atoms with van der Waals surface area (Å²) in [5.74, 6) is -1.61. The number of hydrogen-bond acceptors (Lipinski definition) is 3. The van der Waals surface area contributed by atoms with Crippen molar-refractivity contribution in [2.45, 2.75) is 20.3 Å². The number of aromatic hydroxyl groups is 1. The summed E-state index contributed by atoms with van der Waals surface area (Å²) >= 11 is 0. The lowest BCUT2D eigenvalue weighted by Crippen LogP contribution is -2.30. The molecule has 2 N–H and O–H groups in total. The first kappa shape index (κ1) is 15.4. The van der Waals surface area contributed by atoms with Crippen LogP contribution in [0.5, 0.6) is 5.75 Å². The van der Waals surface area contributed by atoms with Crippen LogP contribution in [0.3, 0.4) is 0 Å². The Kier molecular flexibility index (Phi) is 6.29. The van der Waals surface area contributed by atoms with Gasteiger partial charge in [0.15, 0.2) is 0 Å². The number of benzene rings is 1. The third kappa shape index (κ3) is 4.52. The molecular weight excluding hydrogens is 247 g/mol. The average Bonchev–Trinajstić information content (AvgIpc) is 2.38. The van der Waals surface area contributed by atoms with Gasteiger partial charge in [0.2, 0.25) is 0 Å². The van der Waals surface area contributed by atoms with Crippen molar-refractivity contribution in [1.29, 1.82) is 0 Å². The summed E-state index contributed by atoms with van der Waals surface area (Å²) in [5.41, 5.74) is -0.287. The number of hydrogen-bond donors (Lipinski definition) is 2. The first-order valence-corrected chi connectivity index (χ1v) is 6.58. The van der Waals surface area contributed by atoms with Crippen LogP contribution in [0.2, 0.25) is 0 Å². The topological polar surface area (TPSA) is 52.6 Å². The third-order valence-corrected chi connectivity index (χ3v) is 3.05. The molecule has 0 bridgehead atoms. The maximum Gasteiger partial charge on any atom is 0.258 e. The molecule has 4 nitrogen and oxygen atoms in total. The van der Waals surface area contributed by atoms with E-state index >= 15 is 0 Å². The van der Waals surface area contributed by atoms with E-state index in [1.54, 1.807) is 0 Å². The molecule has 1 aromatic carbocycles. The molecule has 0 aliphatic carbocycles. The van der Waals surface area contributed by atoms with E-state index < -0.39 is 11.7 Å². The Morgan fingerprint density at radius 1 is 1.37 bits per heavy atom. The number of nitrogens with one attached hydrogen (secondary N) is 1. The zero-order valence-electron chi connectivity index (χ0n) is 11.4. The number of carbonyl (C=O) groups is 1. The Hall–Kier alpha value is -1.62. The Morgan fingerprint density at radius 3 is 2.63 bits per heavy atom. The predicted octanol–water partition coefficient (Wildman–Crippen LogP) is 1.99. The quantitative estimate of drug-likeness (QED) is 0.744. The standard InChI is InChI=1S/C14H21FN2O2/c1-3-17(4-2)10-6-9-16-14(19)13-11(15)7-5-8-12(13)18/h5,7-8,18H,3-4,6,9-10H2,1-2H3,(H,16,19). The molecule has 0 unspecified atom stereocenters. The molecule has 0 fully saturated rings. The summed E-state index contributed by atoms with van der Waals surface area (Å²) in [5, 5.41) is 12.1. The van der Waals surface area contributed by atoms with Crippen molar-refractivity contribution in [3.63, 3.8) is 0 Å². The maximum atomic E-state index is 13.4. The lowest BCUT2D eigenvalue weighted by atomic mass is 10.1. The smallest absolute Gasteiger partial charge is 0.258 e. The molecular formula is C14H21FN2O2. The maximum absolute atomic E-state index is 13.4. The highest BCUT2D eigenvalue weighted by atomic mass is 19.1. The van der Waals surface area contributed by atoms with Crippen LogP contribution in [0.15, 0.2) is 18.2 Å². The van der Waals surface area contributed by atoms with Crippen LogP contribution in [0.4, 0.5) is 4.39 Å². The highest BCUT2D eigenvalue weighted by molar-refractivity contribution is 5.97. The second-order valence-corrected chi connectivity index (χ2v) is 4.27. The lowest BCUT2D eigenvalue weighted by Gasteiger charge is -2.17. The number of amides is 1. The van der Waals surface area contributed by atoms with Crippen molar-refractivity contribution in [2.75, 3.05) is 26.2 Å². The highest BCUT2D eigenvalue weighted by Gasteiger charge is 2.15. The van der Waals surface area contributed by atoms with Gasteiger partial charge in [-0.3, -0.25) is 4.79 Å². The summed E-state index contributed by atoms with van der Waals surface area (Å²) < 4.78 is 13.4. The fourth-order valence-corrected chi connectivity index (χ4v) is 1.87. The number of nitrogens with zero attached hydrogens (tertiary/aromatic N) is 1. The van der Waals surface area contributed by atoms with E-state index in [0.29, 0.717) is 6.54 Å². The normalized spacial score (nSPS) is 10.7. The number of phenolic OH excluding ortho intramolecular Hbond substituents is 1. The van der Waals surface area contributed by atoms with Crippen LogP contribution in [0.1, 0.15) is 30.6 Å². The van der Waals surface area contributed by atoms with Gasteiger partial charge >= 0.3 is 0 Å². The molecule has 0 heterocycles. The molecule has 0 atom stereocenters. The van der Waals surface area contributed by atoms with E-state index in [-0.39, 0.29) is 11.3 Å². The van der Waals surface area contributed by atoms with Crippen LogP contribution in [0.25, 0.3) is 0 Å². The molecule has 1 rings (SSSR count). The van der Waals surface area contributed by atoms with Crippen molar-refractivity contribution in [2.24, 2.45) is 0 Å². The number of halogens is 1. The fraction of sp³-hybridized carbons (Fsp3) is 0.500. The molecule has 1 aromatic rings. The molecule has 106 valence electrons. The molecule has 0 aliphatic rings. The zero-order chi connectivity index (χ0) is 14.3. The van der Waals surface area contributed by atoms with E-state index in [4.69, 9.17) is 0 Å². The van der Waals surface area contributed by atoms with Gasteiger partial charge in [0.1, 0.15) is 17.1 Å². The second-order valence-electron chi connectivity index (χ2n) is 4.27. The average molecular weight is 268 g/mol. The minimum absolute atomic E-state index is 0.287. The predicted molar refractivity (Wildman–Crippen MR) is 72.8 cm³/mol. The van der Waals surface area contributed by atoms with Gasteiger partial charge in [0, 0.05) is 6.54 Å². The van der Waals surface area contributed by atoms with Gasteiger partial charge in [-0.1, -0.05) is 19.9 Å². The van der Waals surface area contributed by atoms with Gasteiger partial charge in [-0.15, -0.1) is 0 Å². The van der Waals surface area contributed by atoms with Gasteiger partial charge in [0.05, 0.1) is 0 Å². The summed E-state index contributed by atoms with van der Waals surface area (Å²) in [7, 11) is 0. The van der Waals surface area contributed by atoms with Crippen LogP contribution in [-0.2, 0) is 0 Å². The molecule has 19 heavy (non-hydrogen) atoms. The van der Waals surface area contributed by atoms with Crippen LogP contribution < -0.4 is 5.32 Å². The van der Waals surface area contributed by atoms with Gasteiger partial charge in [-0.05, 0) is 38.2 Å². The Bertz CT molecular complexity index is 400. The molecule has 0 spiro atoms. The first-order valence-electron chi connectivity index (χ1n) is 6.58. The molecule has 0 aliphatic heterocycles. The molecule has 0 saturated carbocycles. The van der Waals surface area contributed by atoms with Crippen molar-refractivity contribution in [1.82, 2.24) is 10.2 Å². The van der Waals surface area contributed by atoms with Crippen LogP contribution >= 0.6 is 0 Å². The van der Waals surface area contributed by atoms with Crippen molar-refractivity contribution in [3.8, 4) is 5.75 Å². The minimum atomic E-state index is -0.707. The summed E-state index contributed by atoms with van der Waals surface area (Å²) in [6.07, 6.45) is 0.794. The second kappa shape index (κ2) is 7.74. The number of carbonyl (C=O) groups excluding carboxylic acids is 1. The summed E-state index contributed by atoms with van der Waals surface area (Å²) in [6.45, 7) is 7.45. The monoisotopic (exact) mass is 268 g/mol. The minimum Gasteiger partial charge on any atom is -0.507 e. The Labute approximate surface area is 113 Å². The SMILES string of the molecule is CCN(CC)CCCNC(=O)c1c(O)cccc1F. The molecule has 0 aromatic heterocycles. The lowest BCUT2D eigenvalue weighted by molar-refractivity contribution is 0.0945. The van der Waals surface area contributed by atoms with Crippen LogP contribution in [0, 0.1) is 5.82 Å². The van der Waals surface area contributed by atoms with Gasteiger partial charge < -0.3 is 15.3 Å². The van der Waals surface area contributed by atoms with Gasteiger partial charge in [0.25, 0.3) is 5.91 Å². The van der Waals surface area contributed by atoms with E-state index in [1.807, 2.05) is 0 Å². The molecule has 0 saturated heterocycles. The Balaban J connectivity index is 2.44. The third-order valence-electron chi connectivity index (χ3n) is 3.05. The fourth-order valence-electron chi connectivity index (χ4n) is 1.87. The highest BCUT2D eigenvalue weighted by Crippen LogP contribution is 2.19. The largest absolute Gasteiger partial charge is 0.507 e. The summed E-state index contributed by atoms with van der Waals surface area (Å²) in [4.78, 5) is 14.0. The van der Waals surface area contributed by atoms with E-state index in [2.05, 4.69) is 24.1 Å². The molecule has 5 heteroatoms.